The van der Waals surface area contributed by atoms with Crippen molar-refractivity contribution in [3.63, 3.8) is 0 Å². The van der Waals surface area contributed by atoms with Gasteiger partial charge in [-0.1, -0.05) is 18.2 Å². The summed E-state index contributed by atoms with van der Waals surface area (Å²) >= 11 is 1.33. The van der Waals surface area contributed by atoms with Gasteiger partial charge in [0.1, 0.15) is 22.1 Å². The van der Waals surface area contributed by atoms with Gasteiger partial charge in [-0.3, -0.25) is 9.78 Å². The van der Waals surface area contributed by atoms with Crippen LogP contribution in [0.25, 0.3) is 22.6 Å². The Morgan fingerprint density at radius 2 is 1.95 bits per heavy atom. The number of aromatic nitrogens is 3. The lowest BCUT2D eigenvalue weighted by Gasteiger charge is -2.29. The Bertz CT molecular complexity index is 1690. The van der Waals surface area contributed by atoms with Crippen molar-refractivity contribution in [2.45, 2.75) is 51.7 Å². The normalized spacial score (nSPS) is 17.0. The summed E-state index contributed by atoms with van der Waals surface area (Å²) in [6.45, 7) is 7.43. The van der Waals surface area contributed by atoms with E-state index in [2.05, 4.69) is 15.3 Å². The Morgan fingerprint density at radius 1 is 1.16 bits per heavy atom. The lowest BCUT2D eigenvalue weighted by atomic mass is 9.79. The number of hydrogen-bond acceptors (Lipinski definition) is 7. The summed E-state index contributed by atoms with van der Waals surface area (Å²) < 4.78 is 19.7. The molecule has 0 aliphatic heterocycles. The summed E-state index contributed by atoms with van der Waals surface area (Å²) in [5.74, 6) is -1.32. The van der Waals surface area contributed by atoms with Crippen molar-refractivity contribution >= 4 is 45.8 Å². The van der Waals surface area contributed by atoms with Crippen molar-refractivity contribution in [3.05, 3.63) is 86.8 Å². The van der Waals surface area contributed by atoms with Gasteiger partial charge in [-0.2, -0.15) is 0 Å². The molecule has 0 bridgehead atoms. The third kappa shape index (κ3) is 5.19. The molecule has 1 aliphatic rings. The smallest absolute Gasteiger partial charge is 0.335 e. The van der Waals surface area contributed by atoms with Crippen LogP contribution in [-0.4, -0.2) is 32.4 Å². The van der Waals surface area contributed by atoms with E-state index in [0.717, 1.165) is 16.1 Å². The summed E-state index contributed by atoms with van der Waals surface area (Å²) in [5, 5.41) is 7.34. The van der Waals surface area contributed by atoms with E-state index in [1.807, 2.05) is 64.1 Å². The van der Waals surface area contributed by atoms with Gasteiger partial charge in [0.15, 0.2) is 0 Å². The van der Waals surface area contributed by atoms with Crippen LogP contribution >= 0.6 is 11.3 Å². The Morgan fingerprint density at radius 3 is 2.71 bits per heavy atom. The van der Waals surface area contributed by atoms with E-state index in [-0.39, 0.29) is 17.9 Å². The number of ether oxygens (including phenoxy) is 1. The molecule has 1 aliphatic carbocycles. The topological polar surface area (TPSA) is 94.1 Å². The van der Waals surface area contributed by atoms with Gasteiger partial charge in [0, 0.05) is 33.2 Å². The molecule has 0 saturated carbocycles. The molecule has 5 rings (SSSR count). The quantitative estimate of drug-likeness (QED) is 0.395. The zero-order valence-corrected chi connectivity index (χ0v) is 22.4. The van der Waals surface area contributed by atoms with Gasteiger partial charge >= 0.3 is 5.97 Å². The van der Waals surface area contributed by atoms with Gasteiger partial charge in [0.05, 0.1) is 23.1 Å². The van der Waals surface area contributed by atoms with Gasteiger partial charge in [-0.15, -0.1) is 11.3 Å². The van der Waals surface area contributed by atoms with E-state index in [1.54, 1.807) is 5.38 Å². The van der Waals surface area contributed by atoms with Crippen LogP contribution in [0.1, 0.15) is 55.3 Å². The number of nitrogens with one attached hydrogen (secondary N) is 1. The van der Waals surface area contributed by atoms with Gasteiger partial charge < -0.3 is 10.1 Å². The summed E-state index contributed by atoms with van der Waals surface area (Å²) in [5.41, 5.74) is 0.333. The maximum absolute atomic E-state index is 13.9. The molecule has 3 heterocycles. The predicted octanol–water partition coefficient (Wildman–Crippen LogP) is 3.79. The fourth-order valence-corrected chi connectivity index (χ4v) is 5.33. The molecule has 4 aromatic rings. The molecule has 0 radical (unpaired) electrons. The number of benzene rings is 1. The number of esters is 1. The summed E-state index contributed by atoms with van der Waals surface area (Å²) in [6.07, 6.45) is 3.81. The van der Waals surface area contributed by atoms with Crippen molar-refractivity contribution in [1.29, 1.82) is 0 Å². The van der Waals surface area contributed by atoms with Crippen LogP contribution in [-0.2, 0) is 21.5 Å². The molecule has 1 amide bonds. The maximum atomic E-state index is 13.9. The van der Waals surface area contributed by atoms with E-state index >= 15 is 0 Å². The van der Waals surface area contributed by atoms with Crippen molar-refractivity contribution in [2.75, 3.05) is 0 Å². The third-order valence-electron chi connectivity index (χ3n) is 6.20. The first kappa shape index (κ1) is 25.7. The van der Waals surface area contributed by atoms with Crippen LogP contribution < -0.4 is 15.9 Å². The second kappa shape index (κ2) is 9.72. The number of para-hydroxylation sites is 1. The highest BCUT2D eigenvalue weighted by Gasteiger charge is 2.36. The third-order valence-corrected chi connectivity index (χ3v) is 7.32. The van der Waals surface area contributed by atoms with Gasteiger partial charge in [-0.05, 0) is 64.5 Å². The van der Waals surface area contributed by atoms with Gasteiger partial charge in [0.25, 0.3) is 5.91 Å². The highest BCUT2D eigenvalue weighted by Crippen LogP contribution is 2.37. The lowest BCUT2D eigenvalue weighted by molar-refractivity contribution is -0.147. The lowest BCUT2D eigenvalue weighted by Crippen LogP contribution is -2.42. The molecule has 1 unspecified atom stereocenters. The molecule has 0 spiro atoms. The minimum atomic E-state index is -0.703. The van der Waals surface area contributed by atoms with Crippen molar-refractivity contribution < 1.29 is 18.7 Å². The zero-order valence-electron chi connectivity index (χ0n) is 21.5. The molecule has 194 valence electrons. The molecule has 0 fully saturated rings. The second-order valence-electron chi connectivity index (χ2n) is 10.5. The minimum Gasteiger partial charge on any atom is -0.457 e. The fourth-order valence-electron chi connectivity index (χ4n) is 4.40. The van der Waals surface area contributed by atoms with Gasteiger partial charge in [-0.25, -0.2) is 19.2 Å². The monoisotopic (exact) mass is 530 g/mol. The summed E-state index contributed by atoms with van der Waals surface area (Å²) in [7, 11) is 0. The maximum Gasteiger partial charge on any atom is 0.335 e. The number of nitrogens with zero attached hydrogens (tertiary/aromatic N) is 3. The molecule has 1 atom stereocenters. The zero-order chi connectivity index (χ0) is 27.1. The number of halogens is 1. The Hall–Kier alpha value is -3.98. The van der Waals surface area contributed by atoms with Crippen LogP contribution in [0, 0.1) is 5.82 Å². The summed E-state index contributed by atoms with van der Waals surface area (Å²) in [6, 6.07) is 12.5. The number of amides is 1. The fraction of sp³-hybridized carbons (Fsp3) is 0.276. The summed E-state index contributed by atoms with van der Waals surface area (Å²) in [4.78, 5) is 39.6. The van der Waals surface area contributed by atoms with E-state index in [4.69, 9.17) is 9.72 Å². The number of thiazole rings is 1. The molecule has 1 N–H and O–H groups in total. The first-order valence-electron chi connectivity index (χ1n) is 12.2. The first-order chi connectivity index (χ1) is 18.0. The number of pyridine rings is 2. The van der Waals surface area contributed by atoms with Crippen LogP contribution in [0.2, 0.25) is 0 Å². The largest absolute Gasteiger partial charge is 0.457 e. The molecule has 7 nitrogen and oxygen atoms in total. The molecular weight excluding hydrogens is 503 g/mol. The second-order valence-corrected chi connectivity index (χ2v) is 11.3. The van der Waals surface area contributed by atoms with E-state index in [1.165, 1.54) is 29.7 Å². The van der Waals surface area contributed by atoms with Gasteiger partial charge in [0.2, 0.25) is 0 Å². The average Bonchev–Trinajstić information content (AvgIpc) is 3.37. The number of carbonyl (C=O) groups is 2. The molecule has 3 aromatic heterocycles. The van der Waals surface area contributed by atoms with Crippen molar-refractivity contribution in [3.8, 4) is 0 Å². The minimum absolute atomic E-state index is 0.0529. The predicted molar refractivity (Wildman–Crippen MR) is 144 cm³/mol. The molecule has 0 saturated heterocycles. The highest BCUT2D eigenvalue weighted by molar-refractivity contribution is 7.10. The van der Waals surface area contributed by atoms with Crippen LogP contribution in [0.15, 0.2) is 54.0 Å². The molecule has 1 aromatic carbocycles. The SMILES string of the molecule is CC(C)(C)OC(=O)C1=c2cc3ccccc3nc2=CC(C)(c2nc(C(=O)NCc3ncccc3F)cs2)C1. The standard InChI is InChI=1S/C29H27FN4O3S/c1-28(2,3)37-26(36)19-13-29(4,14-22-18(19)12-17-8-5-6-10-21(17)33-22)27-34-24(16-38-27)25(35)32-15-23-20(30)9-7-11-31-23/h5-12,14,16H,13,15H2,1-4H3,(H,32,35). The average molecular weight is 531 g/mol. The van der Waals surface area contributed by atoms with E-state index in [0.29, 0.717) is 22.4 Å². The van der Waals surface area contributed by atoms with E-state index in [9.17, 15) is 14.0 Å². The van der Waals surface area contributed by atoms with Crippen LogP contribution in [0.4, 0.5) is 4.39 Å². The Labute approximate surface area is 223 Å². The molecule has 38 heavy (non-hydrogen) atoms. The number of carbonyl (C=O) groups excluding carboxylic acids is 2. The first-order valence-corrected chi connectivity index (χ1v) is 13.1. The number of hydrogen-bond donors (Lipinski definition) is 1. The van der Waals surface area contributed by atoms with E-state index < -0.39 is 28.7 Å². The Balaban J connectivity index is 1.51. The van der Waals surface area contributed by atoms with Crippen LogP contribution in [0.3, 0.4) is 0 Å². The number of rotatable bonds is 5. The van der Waals surface area contributed by atoms with Crippen LogP contribution in [0.5, 0.6) is 0 Å². The number of fused-ring (bicyclic) bond motifs is 2. The van der Waals surface area contributed by atoms with Crippen molar-refractivity contribution in [2.24, 2.45) is 0 Å². The Kier molecular flexibility index (Phi) is 6.56. The van der Waals surface area contributed by atoms with Crippen molar-refractivity contribution in [1.82, 2.24) is 20.3 Å². The molecular formula is C29H27FN4O3S. The molecule has 9 heteroatoms. The highest BCUT2D eigenvalue weighted by atomic mass is 32.1.